The molecule has 1 aromatic carbocycles. The quantitative estimate of drug-likeness (QED) is 0.578. The summed E-state index contributed by atoms with van der Waals surface area (Å²) in [5.41, 5.74) is 6.55. The second-order valence-corrected chi connectivity index (χ2v) is 8.36. The Morgan fingerprint density at radius 2 is 1.83 bits per heavy atom. The van der Waals surface area contributed by atoms with E-state index >= 15 is 0 Å². The second-order valence-electron chi connectivity index (χ2n) is 8.36. The molecule has 0 saturated carbocycles. The maximum atomic E-state index is 4.74. The third-order valence-electron chi connectivity index (χ3n) is 6.40. The van der Waals surface area contributed by atoms with E-state index in [-0.39, 0.29) is 0 Å². The summed E-state index contributed by atoms with van der Waals surface area (Å²) in [5, 5.41) is 0. The SMILES string of the molecule is C1=C(c2cccnc2N2CCCC2)CCC(c2ncncc2Cc2ccccc2)C1. The number of rotatable bonds is 5. The van der Waals surface area contributed by atoms with E-state index in [4.69, 9.17) is 9.97 Å². The highest BCUT2D eigenvalue weighted by Crippen LogP contribution is 2.39. The zero-order valence-electron chi connectivity index (χ0n) is 17.4. The number of pyridine rings is 1. The largest absolute Gasteiger partial charge is 0.356 e. The molecule has 4 nitrogen and oxygen atoms in total. The van der Waals surface area contributed by atoms with Gasteiger partial charge in [0.15, 0.2) is 0 Å². The van der Waals surface area contributed by atoms with Gasteiger partial charge in [-0.2, -0.15) is 0 Å². The average molecular weight is 397 g/mol. The topological polar surface area (TPSA) is 41.9 Å². The Labute approximate surface area is 178 Å². The van der Waals surface area contributed by atoms with Crippen LogP contribution in [0.15, 0.2) is 67.3 Å². The average Bonchev–Trinajstić information content (AvgIpc) is 3.35. The Morgan fingerprint density at radius 3 is 2.63 bits per heavy atom. The van der Waals surface area contributed by atoms with Crippen LogP contribution < -0.4 is 4.90 Å². The molecule has 30 heavy (non-hydrogen) atoms. The van der Waals surface area contributed by atoms with E-state index in [1.54, 1.807) is 6.33 Å². The Kier molecular flexibility index (Phi) is 5.56. The van der Waals surface area contributed by atoms with Gasteiger partial charge in [0, 0.05) is 43.4 Å². The summed E-state index contributed by atoms with van der Waals surface area (Å²) in [6.45, 7) is 2.26. The third-order valence-corrected chi connectivity index (χ3v) is 6.40. The molecule has 0 N–H and O–H groups in total. The lowest BCUT2D eigenvalue weighted by Crippen LogP contribution is -2.20. The second kappa shape index (κ2) is 8.78. The van der Waals surface area contributed by atoms with Crippen molar-refractivity contribution in [2.45, 2.75) is 44.4 Å². The first-order valence-corrected chi connectivity index (χ1v) is 11.1. The minimum absolute atomic E-state index is 0.461. The van der Waals surface area contributed by atoms with Gasteiger partial charge >= 0.3 is 0 Å². The molecule has 152 valence electrons. The van der Waals surface area contributed by atoms with Crippen molar-refractivity contribution in [2.24, 2.45) is 0 Å². The highest BCUT2D eigenvalue weighted by atomic mass is 15.2. The monoisotopic (exact) mass is 396 g/mol. The van der Waals surface area contributed by atoms with E-state index in [0.29, 0.717) is 5.92 Å². The molecular weight excluding hydrogens is 368 g/mol. The lowest BCUT2D eigenvalue weighted by molar-refractivity contribution is 0.600. The maximum absolute atomic E-state index is 4.74. The lowest BCUT2D eigenvalue weighted by Gasteiger charge is -2.26. The van der Waals surface area contributed by atoms with Crippen molar-refractivity contribution in [3.05, 3.63) is 89.6 Å². The molecule has 1 aliphatic heterocycles. The molecule has 0 bridgehead atoms. The van der Waals surface area contributed by atoms with E-state index < -0.39 is 0 Å². The number of nitrogens with zero attached hydrogens (tertiary/aromatic N) is 4. The van der Waals surface area contributed by atoms with E-state index in [1.165, 1.54) is 46.6 Å². The standard InChI is InChI=1S/C26H28N4/c1-2-7-20(8-3-1)17-23-18-27-19-29-25(23)22-12-10-21(11-13-22)24-9-6-14-28-26(24)30-15-4-5-16-30/h1-3,6-10,14,18-19,22H,4-5,11-13,15-17H2. The van der Waals surface area contributed by atoms with Gasteiger partial charge in [0.05, 0.1) is 5.69 Å². The maximum Gasteiger partial charge on any atom is 0.136 e. The Morgan fingerprint density at radius 1 is 0.967 bits per heavy atom. The van der Waals surface area contributed by atoms with Crippen molar-refractivity contribution >= 4 is 11.4 Å². The molecule has 3 heterocycles. The van der Waals surface area contributed by atoms with Gasteiger partial charge in [-0.15, -0.1) is 0 Å². The molecule has 2 aromatic heterocycles. The fourth-order valence-corrected chi connectivity index (χ4v) is 4.84. The van der Waals surface area contributed by atoms with Gasteiger partial charge in [0.2, 0.25) is 0 Å². The summed E-state index contributed by atoms with van der Waals surface area (Å²) in [7, 11) is 0. The lowest BCUT2D eigenvalue weighted by atomic mass is 9.83. The zero-order valence-corrected chi connectivity index (χ0v) is 17.4. The van der Waals surface area contributed by atoms with Gasteiger partial charge < -0.3 is 4.90 Å². The number of allylic oxidation sites excluding steroid dienone is 2. The fraction of sp³-hybridized carbons (Fsp3) is 0.346. The summed E-state index contributed by atoms with van der Waals surface area (Å²) in [5.74, 6) is 1.63. The van der Waals surface area contributed by atoms with Crippen LogP contribution >= 0.6 is 0 Å². The molecule has 0 spiro atoms. The summed E-state index contributed by atoms with van der Waals surface area (Å²) in [4.78, 5) is 16.2. The van der Waals surface area contributed by atoms with Gasteiger partial charge in [-0.1, -0.05) is 36.4 Å². The number of anilines is 1. The fourth-order valence-electron chi connectivity index (χ4n) is 4.84. The van der Waals surface area contributed by atoms with Gasteiger partial charge in [-0.05, 0) is 60.9 Å². The molecule has 0 radical (unpaired) electrons. The molecule has 1 unspecified atom stereocenters. The van der Waals surface area contributed by atoms with Gasteiger partial charge in [-0.3, -0.25) is 0 Å². The highest BCUT2D eigenvalue weighted by Gasteiger charge is 2.24. The summed E-state index contributed by atoms with van der Waals surface area (Å²) in [6, 6.07) is 14.9. The van der Waals surface area contributed by atoms with Crippen molar-refractivity contribution in [1.29, 1.82) is 0 Å². The van der Waals surface area contributed by atoms with Crippen LogP contribution in [0.5, 0.6) is 0 Å². The Balaban J connectivity index is 1.37. The van der Waals surface area contributed by atoms with Gasteiger partial charge in [0.1, 0.15) is 12.1 Å². The first-order valence-electron chi connectivity index (χ1n) is 11.1. The van der Waals surface area contributed by atoms with Crippen LogP contribution in [0.3, 0.4) is 0 Å². The number of aromatic nitrogens is 3. The molecule has 1 fully saturated rings. The Hall–Kier alpha value is -3.01. The van der Waals surface area contributed by atoms with Crippen LogP contribution in [0.2, 0.25) is 0 Å². The van der Waals surface area contributed by atoms with Gasteiger partial charge in [0.25, 0.3) is 0 Å². The van der Waals surface area contributed by atoms with Gasteiger partial charge in [-0.25, -0.2) is 15.0 Å². The summed E-state index contributed by atoms with van der Waals surface area (Å²) >= 11 is 0. The first-order chi connectivity index (χ1) is 14.9. The summed E-state index contributed by atoms with van der Waals surface area (Å²) in [6.07, 6.45) is 14.7. The molecular formula is C26H28N4. The van der Waals surface area contributed by atoms with Crippen LogP contribution in [0.4, 0.5) is 5.82 Å². The molecule has 4 heteroatoms. The molecule has 3 aromatic rings. The van der Waals surface area contributed by atoms with E-state index in [0.717, 1.165) is 38.8 Å². The van der Waals surface area contributed by atoms with Crippen LogP contribution in [-0.2, 0) is 6.42 Å². The van der Waals surface area contributed by atoms with Crippen LogP contribution in [0.1, 0.15) is 60.4 Å². The smallest absolute Gasteiger partial charge is 0.136 e. The minimum Gasteiger partial charge on any atom is -0.356 e. The molecule has 1 aliphatic carbocycles. The Bertz CT molecular complexity index is 1020. The van der Waals surface area contributed by atoms with Crippen molar-refractivity contribution in [1.82, 2.24) is 15.0 Å². The van der Waals surface area contributed by atoms with E-state index in [9.17, 15) is 0 Å². The first kappa shape index (κ1) is 19.0. The minimum atomic E-state index is 0.461. The molecule has 2 aliphatic rings. The normalized spacial score (nSPS) is 19.0. The number of hydrogen-bond acceptors (Lipinski definition) is 4. The number of hydrogen-bond donors (Lipinski definition) is 0. The predicted molar refractivity (Wildman–Crippen MR) is 122 cm³/mol. The highest BCUT2D eigenvalue weighted by molar-refractivity contribution is 5.75. The van der Waals surface area contributed by atoms with Crippen molar-refractivity contribution < 1.29 is 0 Å². The predicted octanol–water partition coefficient (Wildman–Crippen LogP) is 5.41. The molecule has 5 rings (SSSR count). The van der Waals surface area contributed by atoms with E-state index in [2.05, 4.69) is 58.4 Å². The van der Waals surface area contributed by atoms with E-state index in [1.807, 2.05) is 12.4 Å². The molecule has 1 atom stereocenters. The molecule has 1 saturated heterocycles. The van der Waals surface area contributed by atoms with Crippen LogP contribution in [0, 0.1) is 0 Å². The van der Waals surface area contributed by atoms with Crippen molar-refractivity contribution in [3.63, 3.8) is 0 Å². The zero-order chi connectivity index (χ0) is 20.2. The molecule has 0 amide bonds. The third kappa shape index (κ3) is 4.00. The van der Waals surface area contributed by atoms with Crippen LogP contribution in [-0.4, -0.2) is 28.0 Å². The summed E-state index contributed by atoms with van der Waals surface area (Å²) < 4.78 is 0. The van der Waals surface area contributed by atoms with Crippen LogP contribution in [0.25, 0.3) is 5.57 Å². The van der Waals surface area contributed by atoms with Crippen molar-refractivity contribution in [3.8, 4) is 0 Å². The van der Waals surface area contributed by atoms with Crippen molar-refractivity contribution in [2.75, 3.05) is 18.0 Å². The number of benzene rings is 1.